The predicted octanol–water partition coefficient (Wildman–Crippen LogP) is 6.58. The molecule has 1 aromatic carbocycles. The number of hydrogen-bond donors (Lipinski definition) is 0. The van der Waals surface area contributed by atoms with Gasteiger partial charge in [-0.25, -0.2) is 9.59 Å². The van der Waals surface area contributed by atoms with Gasteiger partial charge in [-0.2, -0.15) is 0 Å². The van der Waals surface area contributed by atoms with Crippen LogP contribution in [0.15, 0.2) is 24.3 Å². The molecule has 4 nitrogen and oxygen atoms in total. The summed E-state index contributed by atoms with van der Waals surface area (Å²) in [6.07, 6.45) is 10.9. The van der Waals surface area contributed by atoms with Crippen molar-refractivity contribution < 1.29 is 19.1 Å². The summed E-state index contributed by atoms with van der Waals surface area (Å²) in [7, 11) is 0. The zero-order chi connectivity index (χ0) is 20.8. The Morgan fingerprint density at radius 3 is 1.71 bits per heavy atom. The van der Waals surface area contributed by atoms with Crippen LogP contribution >= 0.6 is 0 Å². The van der Waals surface area contributed by atoms with Gasteiger partial charge in [0.2, 0.25) is 0 Å². The summed E-state index contributed by atoms with van der Waals surface area (Å²) in [6, 6.07) is 6.47. The molecular weight excluding hydrogens is 352 g/mol. The van der Waals surface area contributed by atoms with Gasteiger partial charge < -0.3 is 9.47 Å². The molecule has 0 saturated heterocycles. The Labute approximate surface area is 171 Å². The molecule has 0 aromatic heterocycles. The second kappa shape index (κ2) is 14.2. The van der Waals surface area contributed by atoms with E-state index in [2.05, 4.69) is 6.92 Å². The molecule has 0 aliphatic rings. The highest BCUT2D eigenvalue weighted by atomic mass is 16.5. The average molecular weight is 391 g/mol. The fourth-order valence-electron chi connectivity index (χ4n) is 2.78. The van der Waals surface area contributed by atoms with Crippen LogP contribution in [0.3, 0.4) is 0 Å². The number of rotatable bonds is 14. The van der Waals surface area contributed by atoms with E-state index in [0.717, 1.165) is 12.8 Å². The number of hydrogen-bond acceptors (Lipinski definition) is 4. The van der Waals surface area contributed by atoms with E-state index in [0.29, 0.717) is 17.7 Å². The zero-order valence-electron chi connectivity index (χ0n) is 18.2. The van der Waals surface area contributed by atoms with E-state index < -0.39 is 0 Å². The highest BCUT2D eigenvalue weighted by Gasteiger charge is 2.15. The summed E-state index contributed by atoms with van der Waals surface area (Å²) in [5.74, 6) is -0.440. The molecule has 0 bridgehead atoms. The largest absolute Gasteiger partial charge is 0.462 e. The van der Waals surface area contributed by atoms with Crippen molar-refractivity contribution in [3.05, 3.63) is 35.4 Å². The lowest BCUT2D eigenvalue weighted by Gasteiger charge is -2.16. The molecule has 0 saturated carbocycles. The first-order valence-electron chi connectivity index (χ1n) is 10.9. The highest BCUT2D eigenvalue weighted by molar-refractivity contribution is 5.93. The van der Waals surface area contributed by atoms with E-state index >= 15 is 0 Å². The lowest BCUT2D eigenvalue weighted by Crippen LogP contribution is -2.20. The molecule has 0 aliphatic carbocycles. The molecule has 4 heteroatoms. The molecule has 158 valence electrons. The Hall–Kier alpha value is -1.84. The maximum Gasteiger partial charge on any atom is 0.338 e. The van der Waals surface area contributed by atoms with Crippen LogP contribution in [0.25, 0.3) is 0 Å². The van der Waals surface area contributed by atoms with Crippen LogP contribution in [0.5, 0.6) is 0 Å². The van der Waals surface area contributed by atoms with Gasteiger partial charge in [0.05, 0.1) is 17.7 Å². The minimum absolute atomic E-state index is 0.145. The fraction of sp³-hybridized carbons (Fsp3) is 0.667. The first-order valence-corrected chi connectivity index (χ1v) is 10.9. The van der Waals surface area contributed by atoms with Crippen molar-refractivity contribution >= 4 is 11.9 Å². The monoisotopic (exact) mass is 390 g/mol. The van der Waals surface area contributed by atoms with E-state index in [9.17, 15) is 9.59 Å². The maximum absolute atomic E-state index is 12.1. The van der Waals surface area contributed by atoms with Gasteiger partial charge in [0.25, 0.3) is 0 Å². The Morgan fingerprint density at radius 1 is 0.750 bits per heavy atom. The van der Waals surface area contributed by atoms with Gasteiger partial charge >= 0.3 is 11.9 Å². The van der Waals surface area contributed by atoms with Crippen LogP contribution < -0.4 is 0 Å². The van der Waals surface area contributed by atoms with Crippen LogP contribution in [0, 0.1) is 5.92 Å². The molecule has 1 unspecified atom stereocenters. The number of unbranched alkanes of at least 4 members (excludes halogenated alkanes) is 8. The maximum atomic E-state index is 12.1. The van der Waals surface area contributed by atoms with E-state index in [1.807, 2.05) is 20.8 Å². The zero-order valence-corrected chi connectivity index (χ0v) is 18.2. The third-order valence-corrected chi connectivity index (χ3v) is 5.07. The van der Waals surface area contributed by atoms with Crippen LogP contribution in [-0.4, -0.2) is 24.6 Å². The molecule has 1 aromatic rings. The number of benzene rings is 1. The lowest BCUT2D eigenvalue weighted by molar-refractivity contribution is 0.0237. The molecule has 0 fully saturated rings. The molecule has 0 aliphatic heterocycles. The molecule has 0 N–H and O–H groups in total. The number of carbonyl (C=O) groups excluding carboxylic acids is 2. The minimum Gasteiger partial charge on any atom is -0.462 e. The van der Waals surface area contributed by atoms with Gasteiger partial charge in [-0.1, -0.05) is 72.1 Å². The number of ether oxygens (including phenoxy) is 2. The molecule has 0 radical (unpaired) electrons. The van der Waals surface area contributed by atoms with Crippen molar-refractivity contribution in [2.24, 2.45) is 5.92 Å². The Balaban J connectivity index is 2.22. The normalized spacial score (nSPS) is 12.0. The first kappa shape index (κ1) is 24.2. The number of esters is 2. The SMILES string of the molecule is CCCCCCCCCCCOC(=O)c1ccc(C(=O)OC(C)C(C)C)cc1. The number of carbonyl (C=O) groups is 2. The van der Waals surface area contributed by atoms with Gasteiger partial charge in [0, 0.05) is 0 Å². The topological polar surface area (TPSA) is 52.6 Å². The van der Waals surface area contributed by atoms with Gasteiger partial charge in [-0.05, 0) is 43.5 Å². The second-order valence-corrected chi connectivity index (χ2v) is 7.90. The van der Waals surface area contributed by atoms with Crippen LogP contribution in [0.4, 0.5) is 0 Å². The molecule has 0 heterocycles. The van der Waals surface area contributed by atoms with Crippen molar-refractivity contribution in [3.8, 4) is 0 Å². The summed E-state index contributed by atoms with van der Waals surface area (Å²) < 4.78 is 10.7. The van der Waals surface area contributed by atoms with Gasteiger partial charge in [0.15, 0.2) is 0 Å². The third kappa shape index (κ3) is 9.91. The Bertz CT molecular complexity index is 562. The summed E-state index contributed by atoms with van der Waals surface area (Å²) in [5, 5.41) is 0. The standard InChI is InChI=1S/C24H38O4/c1-5-6-7-8-9-10-11-12-13-18-27-23(25)21-14-16-22(17-15-21)24(26)28-20(4)19(2)3/h14-17,19-20H,5-13,18H2,1-4H3. The second-order valence-electron chi connectivity index (χ2n) is 7.90. The van der Waals surface area contributed by atoms with Crippen molar-refractivity contribution in [1.29, 1.82) is 0 Å². The first-order chi connectivity index (χ1) is 13.5. The van der Waals surface area contributed by atoms with Crippen molar-refractivity contribution in [3.63, 3.8) is 0 Å². The quantitative estimate of drug-likeness (QED) is 0.266. The van der Waals surface area contributed by atoms with Crippen LogP contribution in [0.1, 0.15) is 106 Å². The van der Waals surface area contributed by atoms with Gasteiger partial charge in [0.1, 0.15) is 6.10 Å². The molecule has 1 rings (SSSR count). The van der Waals surface area contributed by atoms with Crippen molar-refractivity contribution in [1.82, 2.24) is 0 Å². The van der Waals surface area contributed by atoms with E-state index in [1.165, 1.54) is 44.9 Å². The summed E-state index contributed by atoms with van der Waals surface area (Å²) in [5.41, 5.74) is 0.910. The average Bonchev–Trinajstić information content (AvgIpc) is 2.69. The Kier molecular flexibility index (Phi) is 12.3. The van der Waals surface area contributed by atoms with Gasteiger partial charge in [-0.15, -0.1) is 0 Å². The third-order valence-electron chi connectivity index (χ3n) is 5.07. The van der Waals surface area contributed by atoms with Crippen molar-refractivity contribution in [2.45, 2.75) is 91.6 Å². The molecule has 0 amide bonds. The molecular formula is C24H38O4. The molecule has 28 heavy (non-hydrogen) atoms. The smallest absolute Gasteiger partial charge is 0.338 e. The lowest BCUT2D eigenvalue weighted by atomic mass is 10.1. The van der Waals surface area contributed by atoms with Crippen LogP contribution in [0.2, 0.25) is 0 Å². The molecule has 1 atom stereocenters. The van der Waals surface area contributed by atoms with E-state index in [1.54, 1.807) is 24.3 Å². The van der Waals surface area contributed by atoms with Crippen molar-refractivity contribution in [2.75, 3.05) is 6.61 Å². The fourth-order valence-corrected chi connectivity index (χ4v) is 2.78. The van der Waals surface area contributed by atoms with E-state index in [-0.39, 0.29) is 24.0 Å². The Morgan fingerprint density at radius 2 is 1.21 bits per heavy atom. The summed E-state index contributed by atoms with van der Waals surface area (Å²) >= 11 is 0. The van der Waals surface area contributed by atoms with E-state index in [4.69, 9.17) is 9.47 Å². The highest BCUT2D eigenvalue weighted by Crippen LogP contribution is 2.13. The van der Waals surface area contributed by atoms with Gasteiger partial charge in [-0.3, -0.25) is 0 Å². The summed E-state index contributed by atoms with van der Waals surface area (Å²) in [4.78, 5) is 24.2. The molecule has 0 spiro atoms. The van der Waals surface area contributed by atoms with Crippen LogP contribution in [-0.2, 0) is 9.47 Å². The predicted molar refractivity (Wildman–Crippen MR) is 114 cm³/mol. The minimum atomic E-state index is -0.365. The summed E-state index contributed by atoms with van der Waals surface area (Å²) in [6.45, 7) is 8.57.